The van der Waals surface area contributed by atoms with Crippen LogP contribution in [0, 0.1) is 0 Å². The molecule has 2 aromatic rings. The van der Waals surface area contributed by atoms with Crippen molar-refractivity contribution in [3.05, 3.63) is 41.0 Å². The lowest BCUT2D eigenvalue weighted by Gasteiger charge is -2.11. The number of nitrogens with one attached hydrogen (secondary N) is 2. The molecule has 1 fully saturated rings. The Labute approximate surface area is 145 Å². The maximum absolute atomic E-state index is 11.5. The van der Waals surface area contributed by atoms with E-state index in [1.807, 2.05) is 24.3 Å². The number of aromatic nitrogens is 3. The van der Waals surface area contributed by atoms with E-state index in [1.54, 1.807) is 0 Å². The zero-order valence-electron chi connectivity index (χ0n) is 12.9. The Morgan fingerprint density at radius 2 is 2.21 bits per heavy atom. The third-order valence-electron chi connectivity index (χ3n) is 3.73. The van der Waals surface area contributed by atoms with Gasteiger partial charge in [0.25, 0.3) is 0 Å². The average molecular weight is 368 g/mol. The van der Waals surface area contributed by atoms with Crippen LogP contribution in [-0.2, 0) is 16.3 Å². The topological polar surface area (TPSA) is 96.9 Å². The van der Waals surface area contributed by atoms with Crippen LogP contribution in [0.4, 0.5) is 11.8 Å². The Kier molecular flexibility index (Phi) is 5.15. The van der Waals surface area contributed by atoms with Crippen LogP contribution in [0.2, 0.25) is 5.02 Å². The van der Waals surface area contributed by atoms with Crippen molar-refractivity contribution in [2.24, 2.45) is 0 Å². The number of anilines is 2. The van der Waals surface area contributed by atoms with E-state index in [2.05, 4.69) is 25.8 Å². The molecule has 1 aliphatic heterocycles. The van der Waals surface area contributed by atoms with Gasteiger partial charge in [-0.1, -0.05) is 23.7 Å². The van der Waals surface area contributed by atoms with Crippen molar-refractivity contribution in [1.82, 2.24) is 15.2 Å². The van der Waals surface area contributed by atoms with Gasteiger partial charge in [-0.25, -0.2) is 8.42 Å². The van der Waals surface area contributed by atoms with Crippen molar-refractivity contribution in [3.63, 3.8) is 0 Å². The van der Waals surface area contributed by atoms with Gasteiger partial charge in [0.15, 0.2) is 15.7 Å². The molecule has 3 rings (SSSR count). The summed E-state index contributed by atoms with van der Waals surface area (Å²) in [5, 5.41) is 14.7. The van der Waals surface area contributed by atoms with Crippen molar-refractivity contribution < 1.29 is 8.42 Å². The van der Waals surface area contributed by atoms with Gasteiger partial charge < -0.3 is 10.6 Å². The van der Waals surface area contributed by atoms with Crippen molar-refractivity contribution >= 4 is 33.2 Å². The fraction of sp³-hybridized carbons (Fsp3) is 0.400. The van der Waals surface area contributed by atoms with Crippen LogP contribution in [0.3, 0.4) is 0 Å². The minimum atomic E-state index is -2.94. The average Bonchev–Trinajstić information content (AvgIpc) is 2.86. The summed E-state index contributed by atoms with van der Waals surface area (Å²) >= 11 is 5.96. The first-order valence-electron chi connectivity index (χ1n) is 7.65. The highest BCUT2D eigenvalue weighted by Gasteiger charge is 2.28. The highest BCUT2D eigenvalue weighted by molar-refractivity contribution is 7.91. The number of benzene rings is 1. The Bertz CT molecular complexity index is 815. The quantitative estimate of drug-likeness (QED) is 0.803. The lowest BCUT2D eigenvalue weighted by atomic mass is 10.1. The van der Waals surface area contributed by atoms with Crippen LogP contribution in [-0.4, -0.2) is 47.7 Å². The third-order valence-corrected chi connectivity index (χ3v) is 5.74. The second-order valence-electron chi connectivity index (χ2n) is 5.72. The van der Waals surface area contributed by atoms with Crippen LogP contribution < -0.4 is 10.6 Å². The molecule has 0 bridgehead atoms. The number of sulfone groups is 1. The van der Waals surface area contributed by atoms with E-state index in [0.717, 1.165) is 12.0 Å². The molecule has 1 unspecified atom stereocenters. The predicted molar refractivity (Wildman–Crippen MR) is 94.2 cm³/mol. The molecule has 1 aromatic heterocycles. The van der Waals surface area contributed by atoms with Gasteiger partial charge >= 0.3 is 0 Å². The number of hydrogen-bond acceptors (Lipinski definition) is 7. The molecule has 2 N–H and O–H groups in total. The van der Waals surface area contributed by atoms with Crippen molar-refractivity contribution in [2.75, 3.05) is 28.7 Å². The van der Waals surface area contributed by atoms with Crippen LogP contribution in [0.25, 0.3) is 0 Å². The van der Waals surface area contributed by atoms with E-state index in [9.17, 15) is 8.42 Å². The van der Waals surface area contributed by atoms with Crippen LogP contribution in [0.1, 0.15) is 12.0 Å². The maximum Gasteiger partial charge on any atom is 0.244 e. The molecular formula is C15H18ClN5O2S. The third kappa shape index (κ3) is 4.78. The lowest BCUT2D eigenvalue weighted by molar-refractivity contribution is 0.602. The zero-order valence-corrected chi connectivity index (χ0v) is 14.5. The molecule has 0 saturated carbocycles. The largest absolute Gasteiger partial charge is 0.368 e. The van der Waals surface area contributed by atoms with E-state index >= 15 is 0 Å². The molecule has 0 radical (unpaired) electrons. The number of rotatable bonds is 6. The van der Waals surface area contributed by atoms with Gasteiger partial charge in [-0.15, -0.1) is 5.10 Å². The van der Waals surface area contributed by atoms with Gasteiger partial charge in [0.05, 0.1) is 17.7 Å². The Hall–Kier alpha value is -1.93. The summed E-state index contributed by atoms with van der Waals surface area (Å²) in [6.07, 6.45) is 2.90. The van der Waals surface area contributed by atoms with E-state index < -0.39 is 9.84 Å². The first-order valence-corrected chi connectivity index (χ1v) is 9.85. The summed E-state index contributed by atoms with van der Waals surface area (Å²) in [6, 6.07) is 7.54. The predicted octanol–water partition coefficient (Wildman–Crippen LogP) is 1.78. The summed E-state index contributed by atoms with van der Waals surface area (Å²) in [6.45, 7) is 0.677. The van der Waals surface area contributed by atoms with Gasteiger partial charge in [0.2, 0.25) is 5.95 Å². The van der Waals surface area contributed by atoms with Gasteiger partial charge in [-0.3, -0.25) is 0 Å². The minimum Gasteiger partial charge on any atom is -0.368 e. The van der Waals surface area contributed by atoms with Crippen LogP contribution >= 0.6 is 11.6 Å². The van der Waals surface area contributed by atoms with Crippen molar-refractivity contribution in [1.29, 1.82) is 0 Å². The molecule has 0 amide bonds. The molecule has 0 aliphatic carbocycles. The second-order valence-corrected chi connectivity index (χ2v) is 8.38. The highest BCUT2D eigenvalue weighted by Crippen LogP contribution is 2.16. The lowest BCUT2D eigenvalue weighted by Crippen LogP contribution is -2.22. The van der Waals surface area contributed by atoms with Gasteiger partial charge in [0.1, 0.15) is 0 Å². The normalized spacial score (nSPS) is 19.1. The molecule has 7 nitrogen and oxygen atoms in total. The molecule has 24 heavy (non-hydrogen) atoms. The Morgan fingerprint density at radius 1 is 1.33 bits per heavy atom. The Morgan fingerprint density at radius 3 is 2.96 bits per heavy atom. The minimum absolute atomic E-state index is 0.114. The molecule has 1 atom stereocenters. The standard InChI is InChI=1S/C15H18ClN5O2S/c16-12-3-1-2-11(8-12)4-6-17-14-9-18-21-15(20-14)19-13-5-7-24(22,23)10-13/h1-3,8-9,13H,4-7,10H2,(H2,17,19,20,21). The first-order chi connectivity index (χ1) is 11.5. The number of hydrogen-bond donors (Lipinski definition) is 2. The van der Waals surface area contributed by atoms with Gasteiger partial charge in [-0.05, 0) is 30.5 Å². The summed E-state index contributed by atoms with van der Waals surface area (Å²) in [7, 11) is -2.94. The van der Waals surface area contributed by atoms with E-state index in [-0.39, 0.29) is 17.5 Å². The van der Waals surface area contributed by atoms with Crippen molar-refractivity contribution in [2.45, 2.75) is 18.9 Å². The summed E-state index contributed by atoms with van der Waals surface area (Å²) < 4.78 is 23.0. The van der Waals surface area contributed by atoms with Crippen LogP contribution in [0.15, 0.2) is 30.5 Å². The highest BCUT2D eigenvalue weighted by atomic mass is 35.5. The summed E-state index contributed by atoms with van der Waals surface area (Å²) in [5.74, 6) is 1.25. The fourth-order valence-electron chi connectivity index (χ4n) is 2.57. The maximum atomic E-state index is 11.5. The smallest absolute Gasteiger partial charge is 0.244 e. The Balaban J connectivity index is 1.53. The molecule has 9 heteroatoms. The molecule has 1 saturated heterocycles. The molecule has 1 aliphatic rings. The zero-order chi connectivity index (χ0) is 17.0. The van der Waals surface area contributed by atoms with Gasteiger partial charge in [-0.2, -0.15) is 10.1 Å². The summed E-state index contributed by atoms with van der Waals surface area (Å²) in [4.78, 5) is 4.32. The van der Waals surface area contributed by atoms with E-state index in [0.29, 0.717) is 29.8 Å². The molecule has 1 aromatic carbocycles. The van der Waals surface area contributed by atoms with E-state index in [4.69, 9.17) is 11.6 Å². The van der Waals surface area contributed by atoms with Gasteiger partial charge in [0, 0.05) is 17.6 Å². The molecule has 0 spiro atoms. The second kappa shape index (κ2) is 7.31. The molecule has 128 valence electrons. The number of halogens is 1. The van der Waals surface area contributed by atoms with E-state index in [1.165, 1.54) is 6.20 Å². The first kappa shape index (κ1) is 16.9. The summed E-state index contributed by atoms with van der Waals surface area (Å²) in [5.41, 5.74) is 1.13. The SMILES string of the molecule is O=S1(=O)CCC(Nc2nncc(NCCc3cccc(Cl)c3)n2)C1. The van der Waals surface area contributed by atoms with Crippen molar-refractivity contribution in [3.8, 4) is 0 Å². The molecular weight excluding hydrogens is 350 g/mol. The molecule has 2 heterocycles. The number of nitrogens with zero attached hydrogens (tertiary/aromatic N) is 3. The van der Waals surface area contributed by atoms with Crippen LogP contribution in [0.5, 0.6) is 0 Å². The monoisotopic (exact) mass is 367 g/mol. The fourth-order valence-corrected chi connectivity index (χ4v) is 4.45.